The molecule has 1 unspecified atom stereocenters. The molecule has 3 aromatic rings. The van der Waals surface area contributed by atoms with Gasteiger partial charge in [-0.05, 0) is 79.8 Å². The number of carbonyl (C=O) groups excluding carboxylic acids is 6. The molecule has 3 saturated heterocycles. The Hall–Kier alpha value is -6.18. The van der Waals surface area contributed by atoms with Crippen molar-refractivity contribution in [2.45, 2.75) is 71.6 Å². The van der Waals surface area contributed by atoms with Gasteiger partial charge in [-0.2, -0.15) is 5.26 Å². The summed E-state index contributed by atoms with van der Waals surface area (Å²) in [6, 6.07) is 18.8. The second-order valence-electron chi connectivity index (χ2n) is 18.7. The molecule has 3 aromatic carbocycles. The van der Waals surface area contributed by atoms with Gasteiger partial charge in [0.2, 0.25) is 5.91 Å². The van der Waals surface area contributed by atoms with E-state index in [1.165, 1.54) is 0 Å². The quantitative estimate of drug-likeness (QED) is 0.183. The van der Waals surface area contributed by atoms with Crippen LogP contribution in [0.1, 0.15) is 90.0 Å². The molecule has 342 valence electrons. The van der Waals surface area contributed by atoms with Crippen molar-refractivity contribution in [3.8, 4) is 11.8 Å². The minimum absolute atomic E-state index is 0.0166. The van der Waals surface area contributed by atoms with E-state index >= 15 is 0 Å². The molecule has 0 radical (unpaired) electrons. The molecule has 5 aliphatic rings. The van der Waals surface area contributed by atoms with Crippen LogP contribution >= 0.6 is 11.6 Å². The molecular weight excluding hydrogens is 854 g/mol. The van der Waals surface area contributed by atoms with Gasteiger partial charge < -0.3 is 29.3 Å². The van der Waals surface area contributed by atoms with Gasteiger partial charge in [-0.15, -0.1) is 0 Å². The van der Waals surface area contributed by atoms with Gasteiger partial charge in [0.15, 0.2) is 6.73 Å². The average Bonchev–Trinajstić information content (AvgIpc) is 3.55. The molecule has 16 nitrogen and oxygen atoms in total. The summed E-state index contributed by atoms with van der Waals surface area (Å²) in [5.41, 5.74) is 2.61. The van der Waals surface area contributed by atoms with Crippen LogP contribution in [0.4, 0.5) is 16.2 Å². The number of carbonyl (C=O) groups is 6. The van der Waals surface area contributed by atoms with Gasteiger partial charge in [0.05, 0.1) is 28.8 Å². The van der Waals surface area contributed by atoms with E-state index in [0.717, 1.165) is 86.9 Å². The second kappa shape index (κ2) is 18.0. The van der Waals surface area contributed by atoms with Crippen LogP contribution < -0.4 is 19.9 Å². The van der Waals surface area contributed by atoms with Crippen LogP contribution in [0, 0.1) is 28.1 Å². The molecule has 5 amide bonds. The summed E-state index contributed by atoms with van der Waals surface area (Å²) >= 11 is 6.26. The van der Waals surface area contributed by atoms with Crippen LogP contribution in [0.5, 0.6) is 5.75 Å². The zero-order valence-electron chi connectivity index (χ0n) is 37.3. The molecule has 4 fully saturated rings. The number of nitrogens with zero attached hydrogens (tertiary/aromatic N) is 6. The number of methoxy groups -OCH3 is 1. The number of imide groups is 2. The Morgan fingerprint density at radius 3 is 2.11 bits per heavy atom. The Morgan fingerprint density at radius 1 is 0.815 bits per heavy atom. The molecule has 65 heavy (non-hydrogen) atoms. The maximum absolute atomic E-state index is 13.7. The molecule has 0 bridgehead atoms. The number of benzene rings is 3. The lowest BCUT2D eigenvalue weighted by Gasteiger charge is -2.63. The van der Waals surface area contributed by atoms with Crippen LogP contribution in [0.25, 0.3) is 0 Å². The first-order valence-corrected chi connectivity index (χ1v) is 22.5. The highest BCUT2D eigenvalue weighted by molar-refractivity contribution is 6.31. The third-order valence-corrected chi connectivity index (χ3v) is 14.3. The minimum atomic E-state index is -1.20. The largest absolute Gasteiger partial charge is 0.509 e. The first kappa shape index (κ1) is 45.4. The summed E-state index contributed by atoms with van der Waals surface area (Å²) in [4.78, 5) is 86.6. The smallest absolute Gasteiger partial charge is 0.489 e. The number of hydrogen-bond acceptors (Lipinski definition) is 13. The normalized spacial score (nSPS) is 23.1. The predicted octanol–water partition coefficient (Wildman–Crippen LogP) is 5.72. The van der Waals surface area contributed by atoms with Crippen molar-refractivity contribution in [2.24, 2.45) is 16.7 Å². The van der Waals surface area contributed by atoms with Crippen molar-refractivity contribution in [2.75, 3.05) is 69.5 Å². The standard InChI is InChI=1S/C48H54ClN7O9/c1-47(2)44(48(3,4)45(47)65-34-12-8-31(26-50)37(49)25-34)51-40(58)30-6-9-32(10-7-30)53-18-16-29(17-19-53)27-52-20-22-54(23-21-52)33-11-13-35-36(24-33)42(60)56(41(35)59)38-14-15-39(57)55(43(38)61)28-64-46(62)63-5/h6-13,24-25,29,38,44-45H,14-23,27-28H2,1-5H3,(H,51,58). The molecule has 4 heterocycles. The Bertz CT molecular complexity index is 2420. The molecule has 1 atom stereocenters. The Labute approximate surface area is 383 Å². The monoisotopic (exact) mass is 907 g/mol. The van der Waals surface area contributed by atoms with Gasteiger partial charge in [-0.25, -0.2) is 9.69 Å². The maximum Gasteiger partial charge on any atom is 0.509 e. The molecule has 0 aromatic heterocycles. The number of nitriles is 1. The fraction of sp³-hybridized carbons (Fsp3) is 0.479. The molecule has 4 aliphatic heterocycles. The highest BCUT2D eigenvalue weighted by Gasteiger charge is 2.64. The van der Waals surface area contributed by atoms with Gasteiger partial charge in [0.1, 0.15) is 24.0 Å². The van der Waals surface area contributed by atoms with E-state index < -0.39 is 42.6 Å². The number of fused-ring (bicyclic) bond motifs is 1. The van der Waals surface area contributed by atoms with Gasteiger partial charge in [-0.3, -0.25) is 33.8 Å². The van der Waals surface area contributed by atoms with Crippen molar-refractivity contribution in [3.05, 3.63) is 87.9 Å². The van der Waals surface area contributed by atoms with E-state index in [1.54, 1.807) is 30.3 Å². The second-order valence-corrected chi connectivity index (χ2v) is 19.1. The van der Waals surface area contributed by atoms with Crippen LogP contribution in [0.2, 0.25) is 5.02 Å². The fourth-order valence-corrected chi connectivity index (χ4v) is 10.9. The number of rotatable bonds is 11. The first-order chi connectivity index (χ1) is 31.0. The zero-order valence-corrected chi connectivity index (χ0v) is 38.1. The van der Waals surface area contributed by atoms with Crippen molar-refractivity contribution in [1.82, 2.24) is 20.0 Å². The van der Waals surface area contributed by atoms with E-state index in [1.807, 2.05) is 30.3 Å². The third-order valence-electron chi connectivity index (χ3n) is 14.0. The van der Waals surface area contributed by atoms with Crippen LogP contribution in [0.3, 0.4) is 0 Å². The number of hydrogen-bond donors (Lipinski definition) is 1. The molecule has 17 heteroatoms. The number of anilines is 2. The summed E-state index contributed by atoms with van der Waals surface area (Å²) < 4.78 is 15.6. The van der Waals surface area contributed by atoms with Gasteiger partial charge in [-0.1, -0.05) is 39.3 Å². The maximum atomic E-state index is 13.7. The lowest BCUT2D eigenvalue weighted by atomic mass is 9.49. The summed E-state index contributed by atoms with van der Waals surface area (Å²) in [5, 5.41) is 12.9. The SMILES string of the molecule is COC(=O)OCN1C(=O)CCC(N2C(=O)c3ccc(N4CCN(CC5CCN(c6ccc(C(=O)NC7C(C)(C)C(Oc8ccc(C#N)c(Cl)c8)C7(C)C)cc6)CC5)CC4)cc3C2=O)C1=O. The molecular formula is C48H54ClN7O9. The molecule has 0 spiro atoms. The number of nitrogens with one attached hydrogen (secondary N) is 1. The lowest BCUT2D eigenvalue weighted by Crippen LogP contribution is -2.74. The van der Waals surface area contributed by atoms with Crippen LogP contribution in [0.15, 0.2) is 60.7 Å². The molecule has 1 aliphatic carbocycles. The highest BCUT2D eigenvalue weighted by Crippen LogP contribution is 2.55. The van der Waals surface area contributed by atoms with Crippen LogP contribution in [-0.2, 0) is 19.1 Å². The number of halogens is 1. The van der Waals surface area contributed by atoms with Gasteiger partial charge >= 0.3 is 6.16 Å². The Balaban J connectivity index is 0.788. The van der Waals surface area contributed by atoms with E-state index in [-0.39, 0.29) is 52.9 Å². The summed E-state index contributed by atoms with van der Waals surface area (Å²) in [6.07, 6.45) is 0.729. The number of ether oxygens (including phenoxy) is 3. The van der Waals surface area contributed by atoms with E-state index in [4.69, 9.17) is 21.1 Å². The van der Waals surface area contributed by atoms with E-state index in [9.17, 15) is 34.0 Å². The Morgan fingerprint density at radius 2 is 1.46 bits per heavy atom. The number of likely N-dealkylation sites (tertiary alicyclic amines) is 1. The molecule has 8 rings (SSSR count). The summed E-state index contributed by atoms with van der Waals surface area (Å²) in [7, 11) is 1.10. The molecule has 1 saturated carbocycles. The van der Waals surface area contributed by atoms with Crippen LogP contribution in [-0.4, -0.2) is 128 Å². The predicted molar refractivity (Wildman–Crippen MR) is 240 cm³/mol. The summed E-state index contributed by atoms with van der Waals surface area (Å²) in [5.74, 6) is -1.53. The average molecular weight is 908 g/mol. The van der Waals surface area contributed by atoms with Crippen molar-refractivity contribution >= 4 is 58.7 Å². The van der Waals surface area contributed by atoms with Crippen molar-refractivity contribution in [3.63, 3.8) is 0 Å². The Kier molecular flexibility index (Phi) is 12.6. The number of piperazine rings is 1. The number of piperidine rings is 2. The zero-order chi connectivity index (χ0) is 46.4. The third kappa shape index (κ3) is 8.71. The van der Waals surface area contributed by atoms with Crippen molar-refractivity contribution < 1.29 is 43.0 Å². The first-order valence-electron chi connectivity index (χ1n) is 22.1. The van der Waals surface area contributed by atoms with E-state index in [0.29, 0.717) is 27.8 Å². The van der Waals surface area contributed by atoms with E-state index in [2.05, 4.69) is 58.5 Å². The van der Waals surface area contributed by atoms with Crippen molar-refractivity contribution in [1.29, 1.82) is 5.26 Å². The van der Waals surface area contributed by atoms with Gasteiger partial charge in [0.25, 0.3) is 23.6 Å². The topological polar surface area (TPSA) is 182 Å². The summed E-state index contributed by atoms with van der Waals surface area (Å²) in [6.45, 7) is 13.7. The lowest BCUT2D eigenvalue weighted by molar-refractivity contribution is -0.164. The fourth-order valence-electron chi connectivity index (χ4n) is 10.7. The molecule has 1 N–H and O–H groups in total. The number of amides is 5. The van der Waals surface area contributed by atoms with Gasteiger partial charge in [0, 0.05) is 92.1 Å². The highest BCUT2D eigenvalue weighted by atomic mass is 35.5. The minimum Gasteiger partial charge on any atom is -0.489 e.